The largest absolute Gasteiger partial charge is 0.0683 e. The second-order valence-corrected chi connectivity index (χ2v) is 9.64. The summed E-state index contributed by atoms with van der Waals surface area (Å²) >= 11 is 0. The molecule has 0 spiro atoms. The molecule has 0 bridgehead atoms. The summed E-state index contributed by atoms with van der Waals surface area (Å²) < 4.78 is 0. The Hall–Kier alpha value is -2.34. The number of fused-ring (bicyclic) bond motifs is 6. The molecule has 0 fully saturated rings. The maximum atomic E-state index is 2.30. The van der Waals surface area contributed by atoms with Gasteiger partial charge in [-0.2, -0.15) is 0 Å². The van der Waals surface area contributed by atoms with Crippen molar-refractivity contribution < 1.29 is 0 Å². The van der Waals surface area contributed by atoms with Crippen LogP contribution in [0.2, 0.25) is 0 Å². The van der Waals surface area contributed by atoms with Crippen molar-refractivity contribution >= 4 is 32.3 Å². The molecule has 0 aliphatic rings. The van der Waals surface area contributed by atoms with E-state index in [-0.39, 0.29) is 0 Å². The van der Waals surface area contributed by atoms with Gasteiger partial charge in [0.15, 0.2) is 0 Å². The van der Waals surface area contributed by atoms with Gasteiger partial charge >= 0.3 is 0 Å². The first-order chi connectivity index (χ1) is 13.6. The van der Waals surface area contributed by atoms with E-state index < -0.39 is 0 Å². The monoisotopic (exact) mass is 386 g/mol. The first kappa shape index (κ1) is 22.9. The minimum Gasteiger partial charge on any atom is -0.0683 e. The molecule has 4 aromatic carbocycles. The second kappa shape index (κ2) is 8.99. The molecule has 0 aliphatic carbocycles. The van der Waals surface area contributed by atoms with Crippen LogP contribution in [0.1, 0.15) is 61.0 Å². The summed E-state index contributed by atoms with van der Waals surface area (Å²) in [7, 11) is 0. The number of hydrogen-bond donors (Lipinski definition) is 0. The first-order valence-electron chi connectivity index (χ1n) is 10.9. The summed E-state index contributed by atoms with van der Waals surface area (Å²) in [5, 5.41) is 8.08. The van der Waals surface area contributed by atoms with E-state index in [1.54, 1.807) is 0 Å². The zero-order valence-electron chi connectivity index (χ0n) is 19.9. The highest BCUT2D eigenvalue weighted by atomic mass is 14.3. The lowest BCUT2D eigenvalue weighted by Crippen LogP contribution is -2.25. The Kier molecular flexibility index (Phi) is 7.11. The lowest BCUT2D eigenvalue weighted by atomic mass is 9.71. The molecule has 0 amide bonds. The molecular formula is C29H38. The standard InChI is InChI=1S/C19H14.C8H18.C2H6/c1-13-10-11-18-16-8-3-2-6-14(16)15-7-4-5-9-17(15)19(18)12-13;1-7(2,3)8(4,5)6;1-2/h2-12H,1H3;1-6H3;1-2H3. The molecule has 0 nitrogen and oxygen atoms in total. The Morgan fingerprint density at radius 3 is 1.10 bits per heavy atom. The SMILES string of the molecule is CC.CC(C)(C)C(C)(C)C.Cc1ccc2c3ccccc3c3ccccc3c2c1. The van der Waals surface area contributed by atoms with Crippen molar-refractivity contribution in [2.24, 2.45) is 10.8 Å². The van der Waals surface area contributed by atoms with Crippen LogP contribution in [-0.4, -0.2) is 0 Å². The van der Waals surface area contributed by atoms with Crippen molar-refractivity contribution in [2.45, 2.75) is 62.3 Å². The molecule has 0 aromatic heterocycles. The zero-order chi connectivity index (χ0) is 21.8. The maximum absolute atomic E-state index is 2.30. The van der Waals surface area contributed by atoms with Crippen LogP contribution in [0.4, 0.5) is 0 Å². The normalized spacial score (nSPS) is 11.6. The van der Waals surface area contributed by atoms with Gasteiger partial charge in [-0.05, 0) is 50.1 Å². The minimum absolute atomic E-state index is 0.437. The molecule has 0 saturated heterocycles. The van der Waals surface area contributed by atoms with E-state index in [0.29, 0.717) is 10.8 Å². The number of rotatable bonds is 0. The minimum atomic E-state index is 0.437. The lowest BCUT2D eigenvalue weighted by Gasteiger charge is -2.34. The van der Waals surface area contributed by atoms with E-state index in [9.17, 15) is 0 Å². The van der Waals surface area contributed by atoms with E-state index in [2.05, 4.69) is 115 Å². The third kappa shape index (κ3) is 4.99. The van der Waals surface area contributed by atoms with Gasteiger partial charge in [0.2, 0.25) is 0 Å². The van der Waals surface area contributed by atoms with Crippen LogP contribution in [0.15, 0.2) is 66.7 Å². The van der Waals surface area contributed by atoms with Crippen LogP contribution in [0.5, 0.6) is 0 Å². The van der Waals surface area contributed by atoms with Gasteiger partial charge in [-0.15, -0.1) is 0 Å². The van der Waals surface area contributed by atoms with E-state index in [0.717, 1.165) is 0 Å². The molecule has 0 N–H and O–H groups in total. The summed E-state index contributed by atoms with van der Waals surface area (Å²) in [4.78, 5) is 0. The summed E-state index contributed by atoms with van der Waals surface area (Å²) in [6.45, 7) is 19.8. The van der Waals surface area contributed by atoms with Crippen LogP contribution in [0.25, 0.3) is 32.3 Å². The third-order valence-corrected chi connectivity index (χ3v) is 6.15. The van der Waals surface area contributed by atoms with Crippen LogP contribution in [0.3, 0.4) is 0 Å². The lowest BCUT2D eigenvalue weighted by molar-refractivity contribution is 0.157. The van der Waals surface area contributed by atoms with Gasteiger partial charge < -0.3 is 0 Å². The highest BCUT2D eigenvalue weighted by Crippen LogP contribution is 2.36. The fourth-order valence-electron chi connectivity index (χ4n) is 3.02. The summed E-state index contributed by atoms with van der Waals surface area (Å²) in [6.07, 6.45) is 0. The van der Waals surface area contributed by atoms with Crippen LogP contribution >= 0.6 is 0 Å². The Morgan fingerprint density at radius 2 is 0.759 bits per heavy atom. The summed E-state index contributed by atoms with van der Waals surface area (Å²) in [5.41, 5.74) is 2.19. The van der Waals surface area contributed by atoms with Crippen LogP contribution in [0, 0.1) is 17.8 Å². The van der Waals surface area contributed by atoms with Crippen molar-refractivity contribution in [3.63, 3.8) is 0 Å². The summed E-state index contributed by atoms with van der Waals surface area (Å²) in [6, 6.07) is 24.1. The molecule has 0 atom stereocenters. The van der Waals surface area contributed by atoms with Crippen molar-refractivity contribution in [3.8, 4) is 0 Å². The van der Waals surface area contributed by atoms with E-state index >= 15 is 0 Å². The van der Waals surface area contributed by atoms with Crippen molar-refractivity contribution in [1.29, 1.82) is 0 Å². The quantitative estimate of drug-likeness (QED) is 0.264. The molecule has 0 unspecified atom stereocenters. The van der Waals surface area contributed by atoms with Gasteiger partial charge in [0.1, 0.15) is 0 Å². The Morgan fingerprint density at radius 1 is 0.448 bits per heavy atom. The van der Waals surface area contributed by atoms with Gasteiger partial charge in [-0.25, -0.2) is 0 Å². The molecule has 29 heavy (non-hydrogen) atoms. The Labute approximate surface area is 178 Å². The smallest absolute Gasteiger partial charge is 0.00963 e. The molecule has 0 heteroatoms. The topological polar surface area (TPSA) is 0 Å². The van der Waals surface area contributed by atoms with Gasteiger partial charge in [-0.1, -0.05) is 128 Å². The Balaban J connectivity index is 0.000000257. The molecule has 0 aliphatic heterocycles. The summed E-state index contributed by atoms with van der Waals surface area (Å²) in [5.74, 6) is 0. The fraction of sp³-hybridized carbons (Fsp3) is 0.379. The zero-order valence-corrected chi connectivity index (χ0v) is 19.9. The maximum Gasteiger partial charge on any atom is -0.00963 e. The number of aryl methyl sites for hydroxylation is 1. The predicted octanol–water partition coefficient (Wildman–Crippen LogP) is 9.56. The molecule has 0 heterocycles. The Bertz CT molecular complexity index is 1040. The predicted molar refractivity (Wildman–Crippen MR) is 134 cm³/mol. The van der Waals surface area contributed by atoms with Gasteiger partial charge in [0.05, 0.1) is 0 Å². The van der Waals surface area contributed by atoms with Crippen LogP contribution in [-0.2, 0) is 0 Å². The van der Waals surface area contributed by atoms with Crippen molar-refractivity contribution in [1.82, 2.24) is 0 Å². The number of hydrogen-bond acceptors (Lipinski definition) is 0. The van der Waals surface area contributed by atoms with Crippen molar-refractivity contribution in [2.75, 3.05) is 0 Å². The van der Waals surface area contributed by atoms with E-state index in [4.69, 9.17) is 0 Å². The molecule has 0 saturated carbocycles. The average Bonchev–Trinajstić information content (AvgIpc) is 2.69. The fourth-order valence-corrected chi connectivity index (χ4v) is 3.02. The van der Waals surface area contributed by atoms with E-state index in [1.807, 2.05) is 13.8 Å². The first-order valence-corrected chi connectivity index (χ1v) is 10.9. The molecule has 154 valence electrons. The molecular weight excluding hydrogens is 348 g/mol. The van der Waals surface area contributed by atoms with Gasteiger partial charge in [-0.3, -0.25) is 0 Å². The van der Waals surface area contributed by atoms with Gasteiger partial charge in [0.25, 0.3) is 0 Å². The van der Waals surface area contributed by atoms with Crippen molar-refractivity contribution in [3.05, 3.63) is 72.3 Å². The highest BCUT2D eigenvalue weighted by Gasteiger charge is 2.26. The molecule has 0 radical (unpaired) electrons. The average molecular weight is 387 g/mol. The van der Waals surface area contributed by atoms with Crippen LogP contribution < -0.4 is 0 Å². The molecule has 4 rings (SSSR count). The highest BCUT2D eigenvalue weighted by molar-refractivity contribution is 6.25. The molecule has 4 aromatic rings. The second-order valence-electron chi connectivity index (χ2n) is 9.64. The number of benzene rings is 4. The third-order valence-electron chi connectivity index (χ3n) is 6.15. The van der Waals surface area contributed by atoms with Gasteiger partial charge in [0, 0.05) is 0 Å². The van der Waals surface area contributed by atoms with E-state index in [1.165, 1.54) is 37.9 Å².